The Kier molecular flexibility index (Phi) is 6.47. The predicted octanol–water partition coefficient (Wildman–Crippen LogP) is 5.77. The topological polar surface area (TPSA) is 3.24 Å². The van der Waals surface area contributed by atoms with E-state index in [0.29, 0.717) is 5.92 Å². The van der Waals surface area contributed by atoms with Gasteiger partial charge in [-0.3, -0.25) is 0 Å². The van der Waals surface area contributed by atoms with E-state index in [1.807, 2.05) is 12.1 Å². The highest BCUT2D eigenvalue weighted by Gasteiger charge is 2.22. The fourth-order valence-corrected chi connectivity index (χ4v) is 4.44. The molecule has 2 aliphatic rings. The molecular weight excluding hydrogens is 309 g/mol. The van der Waals surface area contributed by atoms with Crippen LogP contribution in [0.2, 0.25) is 0 Å². The first-order chi connectivity index (χ1) is 12.1. The van der Waals surface area contributed by atoms with Crippen molar-refractivity contribution in [2.24, 2.45) is 11.8 Å². The van der Waals surface area contributed by atoms with Crippen molar-refractivity contribution in [1.29, 1.82) is 0 Å². The van der Waals surface area contributed by atoms with E-state index in [9.17, 15) is 4.39 Å². The van der Waals surface area contributed by atoms with Crippen LogP contribution in [0.25, 0.3) is 0 Å². The maximum Gasteiger partial charge on any atom is 0.123 e. The standard InChI is InChI=1S/C23H32FN/c1-18(22-8-5-15-25(2)17-22)21-7-4-3-6-19(9-12-21)16-20-10-13-23(24)14-11-20/h8,10-11,13-14,19,21H,1,3-7,9,12,15-17H2,2H3. The number of hydrogen-bond acceptors (Lipinski definition) is 1. The molecule has 0 radical (unpaired) electrons. The van der Waals surface area contributed by atoms with Gasteiger partial charge in [0.05, 0.1) is 0 Å². The molecule has 0 saturated heterocycles. The van der Waals surface area contributed by atoms with Gasteiger partial charge in [-0.2, -0.15) is 0 Å². The van der Waals surface area contributed by atoms with Crippen LogP contribution in [0.1, 0.15) is 50.5 Å². The Bertz CT molecular complexity index is 601. The maximum absolute atomic E-state index is 13.1. The molecule has 0 spiro atoms. The van der Waals surface area contributed by atoms with Gasteiger partial charge >= 0.3 is 0 Å². The van der Waals surface area contributed by atoms with Gasteiger partial charge in [0.1, 0.15) is 5.82 Å². The van der Waals surface area contributed by atoms with Crippen molar-refractivity contribution in [3.8, 4) is 0 Å². The summed E-state index contributed by atoms with van der Waals surface area (Å²) in [6.07, 6.45) is 12.4. The van der Waals surface area contributed by atoms with Gasteiger partial charge < -0.3 is 4.90 Å². The summed E-state index contributed by atoms with van der Waals surface area (Å²) in [5.74, 6) is 1.24. The second-order valence-electron chi connectivity index (χ2n) is 8.04. The third kappa shape index (κ3) is 5.28. The lowest BCUT2D eigenvalue weighted by Crippen LogP contribution is -2.27. The molecular formula is C23H32FN. The van der Waals surface area contributed by atoms with Crippen LogP contribution >= 0.6 is 0 Å². The maximum atomic E-state index is 13.1. The van der Waals surface area contributed by atoms with Crippen molar-refractivity contribution >= 4 is 0 Å². The summed E-state index contributed by atoms with van der Waals surface area (Å²) in [5.41, 5.74) is 4.15. The number of halogens is 1. The van der Waals surface area contributed by atoms with Gasteiger partial charge in [-0.15, -0.1) is 0 Å². The Balaban J connectivity index is 1.58. The average Bonchev–Trinajstić information content (AvgIpc) is 2.59. The third-order valence-electron chi connectivity index (χ3n) is 6.02. The summed E-state index contributed by atoms with van der Waals surface area (Å²) in [5, 5.41) is 0. The van der Waals surface area contributed by atoms with E-state index >= 15 is 0 Å². The summed E-state index contributed by atoms with van der Waals surface area (Å²) in [4.78, 5) is 2.40. The molecule has 1 heterocycles. The molecule has 0 aromatic heterocycles. The Morgan fingerprint density at radius 2 is 1.88 bits per heavy atom. The van der Waals surface area contributed by atoms with Crippen LogP contribution in [0.4, 0.5) is 4.39 Å². The van der Waals surface area contributed by atoms with Crippen molar-refractivity contribution < 1.29 is 4.39 Å². The molecule has 1 nitrogen and oxygen atoms in total. The minimum Gasteiger partial charge on any atom is -0.302 e. The van der Waals surface area contributed by atoms with Gasteiger partial charge in [0.15, 0.2) is 0 Å². The van der Waals surface area contributed by atoms with E-state index < -0.39 is 0 Å². The summed E-state index contributed by atoms with van der Waals surface area (Å²) >= 11 is 0. The van der Waals surface area contributed by atoms with E-state index in [1.54, 1.807) is 12.1 Å². The zero-order valence-corrected chi connectivity index (χ0v) is 15.6. The van der Waals surface area contributed by atoms with Crippen molar-refractivity contribution in [3.05, 3.63) is 59.4 Å². The number of rotatable bonds is 4. The van der Waals surface area contributed by atoms with Gasteiger partial charge in [-0.05, 0) is 79.8 Å². The summed E-state index contributed by atoms with van der Waals surface area (Å²) in [6.45, 7) is 6.72. The van der Waals surface area contributed by atoms with Crippen LogP contribution in [0.15, 0.2) is 48.1 Å². The minimum absolute atomic E-state index is 0.136. The fraction of sp³-hybridized carbons (Fsp3) is 0.565. The van der Waals surface area contributed by atoms with Gasteiger partial charge in [0.25, 0.3) is 0 Å². The normalized spacial score (nSPS) is 25.8. The molecule has 1 fully saturated rings. The minimum atomic E-state index is -0.136. The highest BCUT2D eigenvalue weighted by molar-refractivity contribution is 5.33. The van der Waals surface area contributed by atoms with E-state index in [1.165, 1.54) is 61.8 Å². The summed E-state index contributed by atoms with van der Waals surface area (Å²) in [6, 6.07) is 7.09. The molecule has 1 aliphatic carbocycles. The molecule has 25 heavy (non-hydrogen) atoms. The molecule has 1 aromatic rings. The summed E-state index contributed by atoms with van der Waals surface area (Å²) in [7, 11) is 2.21. The molecule has 1 aliphatic heterocycles. The first-order valence-corrected chi connectivity index (χ1v) is 9.93. The SMILES string of the molecule is C=C(C1=CCCN(C)C1)C1CCCCC(Cc2ccc(F)cc2)CC1. The lowest BCUT2D eigenvalue weighted by molar-refractivity contribution is 0.325. The Hall–Kier alpha value is -1.41. The lowest BCUT2D eigenvalue weighted by Gasteiger charge is -2.30. The van der Waals surface area contributed by atoms with Crippen LogP contribution in [0.5, 0.6) is 0 Å². The number of hydrogen-bond donors (Lipinski definition) is 0. The third-order valence-corrected chi connectivity index (χ3v) is 6.02. The molecule has 0 bridgehead atoms. The van der Waals surface area contributed by atoms with Crippen molar-refractivity contribution in [1.82, 2.24) is 4.90 Å². The van der Waals surface area contributed by atoms with E-state index in [0.717, 1.165) is 25.3 Å². The molecule has 2 heteroatoms. The first kappa shape index (κ1) is 18.4. The highest BCUT2D eigenvalue weighted by atomic mass is 19.1. The molecule has 2 atom stereocenters. The number of nitrogens with zero attached hydrogens (tertiary/aromatic N) is 1. The van der Waals surface area contributed by atoms with E-state index in [4.69, 9.17) is 0 Å². The second-order valence-corrected chi connectivity index (χ2v) is 8.04. The van der Waals surface area contributed by atoms with Crippen molar-refractivity contribution in [3.63, 3.8) is 0 Å². The first-order valence-electron chi connectivity index (χ1n) is 9.93. The van der Waals surface area contributed by atoms with Crippen LogP contribution in [-0.2, 0) is 6.42 Å². The van der Waals surface area contributed by atoms with Crippen LogP contribution < -0.4 is 0 Å². The predicted molar refractivity (Wildman–Crippen MR) is 104 cm³/mol. The van der Waals surface area contributed by atoms with Gasteiger partial charge in [-0.1, -0.05) is 44.1 Å². The smallest absolute Gasteiger partial charge is 0.123 e. The second kappa shape index (κ2) is 8.80. The Labute approximate surface area is 152 Å². The largest absolute Gasteiger partial charge is 0.302 e. The van der Waals surface area contributed by atoms with Crippen molar-refractivity contribution in [2.45, 2.75) is 51.4 Å². The molecule has 0 amide bonds. The Morgan fingerprint density at radius 3 is 2.64 bits per heavy atom. The molecule has 0 N–H and O–H groups in total. The quantitative estimate of drug-likeness (QED) is 0.671. The molecule has 3 rings (SSSR count). The molecule has 136 valence electrons. The molecule has 1 saturated carbocycles. The van der Waals surface area contributed by atoms with Gasteiger partial charge in [0.2, 0.25) is 0 Å². The Morgan fingerprint density at radius 1 is 1.12 bits per heavy atom. The zero-order chi connectivity index (χ0) is 17.6. The zero-order valence-electron chi connectivity index (χ0n) is 15.6. The molecule has 1 aromatic carbocycles. The van der Waals surface area contributed by atoms with Crippen molar-refractivity contribution in [2.75, 3.05) is 20.1 Å². The van der Waals surface area contributed by atoms with Gasteiger partial charge in [-0.25, -0.2) is 4.39 Å². The fourth-order valence-electron chi connectivity index (χ4n) is 4.44. The van der Waals surface area contributed by atoms with Gasteiger partial charge in [0, 0.05) is 13.1 Å². The average molecular weight is 342 g/mol. The van der Waals surface area contributed by atoms with E-state index in [2.05, 4.69) is 24.6 Å². The lowest BCUT2D eigenvalue weighted by atomic mass is 9.78. The highest BCUT2D eigenvalue weighted by Crippen LogP contribution is 2.35. The van der Waals surface area contributed by atoms with Crippen LogP contribution in [0.3, 0.4) is 0 Å². The van der Waals surface area contributed by atoms with Crippen LogP contribution in [0, 0.1) is 17.7 Å². The monoisotopic (exact) mass is 341 g/mol. The number of benzene rings is 1. The number of likely N-dealkylation sites (N-methyl/N-ethyl adjacent to an activating group) is 1. The molecule has 2 unspecified atom stereocenters. The summed E-state index contributed by atoms with van der Waals surface area (Å²) < 4.78 is 13.1. The van der Waals surface area contributed by atoms with E-state index in [-0.39, 0.29) is 5.82 Å². The van der Waals surface area contributed by atoms with Crippen LogP contribution in [-0.4, -0.2) is 25.0 Å².